The second-order valence-electron chi connectivity index (χ2n) is 3.45. The van der Waals surface area contributed by atoms with Crippen molar-refractivity contribution in [3.63, 3.8) is 0 Å². The summed E-state index contributed by atoms with van der Waals surface area (Å²) in [7, 11) is 0. The first-order valence-corrected chi connectivity index (χ1v) is 6.43. The van der Waals surface area contributed by atoms with Crippen LogP contribution in [0.5, 0.6) is 0 Å². The van der Waals surface area contributed by atoms with E-state index in [2.05, 4.69) is 50.2 Å². The Morgan fingerprint density at radius 2 is 2.14 bits per heavy atom. The molecule has 0 aliphatic carbocycles. The predicted octanol–water partition coefficient (Wildman–Crippen LogP) is 3.48. The standard InChI is InChI=1S/C10H11I2NO/c1-10(2,14)9-4-3-7(6-13-9)8(12)5-11/h3-6,14H,1-2H3/b8-5-. The molecular weight excluding hydrogens is 404 g/mol. The van der Waals surface area contributed by atoms with Gasteiger partial charge in [0.1, 0.15) is 5.60 Å². The zero-order chi connectivity index (χ0) is 10.8. The Labute approximate surface area is 111 Å². The summed E-state index contributed by atoms with van der Waals surface area (Å²) in [5, 5.41) is 9.70. The van der Waals surface area contributed by atoms with Gasteiger partial charge in [-0.25, -0.2) is 0 Å². The van der Waals surface area contributed by atoms with Crippen LogP contribution in [0.15, 0.2) is 22.4 Å². The Morgan fingerprint density at radius 1 is 1.50 bits per heavy atom. The summed E-state index contributed by atoms with van der Waals surface area (Å²) >= 11 is 4.45. The highest BCUT2D eigenvalue weighted by molar-refractivity contribution is 14.1. The van der Waals surface area contributed by atoms with Crippen LogP contribution in [0.25, 0.3) is 3.58 Å². The molecule has 0 saturated heterocycles. The van der Waals surface area contributed by atoms with Gasteiger partial charge in [0.15, 0.2) is 0 Å². The van der Waals surface area contributed by atoms with Gasteiger partial charge in [0.05, 0.1) is 5.69 Å². The minimum Gasteiger partial charge on any atom is -0.384 e. The third-order valence-corrected chi connectivity index (χ3v) is 4.51. The van der Waals surface area contributed by atoms with Crippen molar-refractivity contribution >= 4 is 48.8 Å². The van der Waals surface area contributed by atoms with E-state index >= 15 is 0 Å². The lowest BCUT2D eigenvalue weighted by atomic mass is 10.0. The molecule has 0 radical (unpaired) electrons. The second-order valence-corrected chi connectivity index (χ2v) is 5.23. The van der Waals surface area contributed by atoms with E-state index in [0.29, 0.717) is 5.69 Å². The highest BCUT2D eigenvalue weighted by Gasteiger charge is 2.17. The maximum atomic E-state index is 9.70. The van der Waals surface area contributed by atoms with Gasteiger partial charge in [0.25, 0.3) is 0 Å². The predicted molar refractivity (Wildman–Crippen MR) is 75.5 cm³/mol. The van der Waals surface area contributed by atoms with Crippen LogP contribution in [0.2, 0.25) is 0 Å². The van der Waals surface area contributed by atoms with E-state index in [4.69, 9.17) is 0 Å². The molecule has 0 spiro atoms. The zero-order valence-corrected chi connectivity index (χ0v) is 12.3. The lowest BCUT2D eigenvalue weighted by Crippen LogP contribution is -2.17. The largest absolute Gasteiger partial charge is 0.384 e. The first-order chi connectivity index (χ1) is 6.45. The molecule has 14 heavy (non-hydrogen) atoms. The molecule has 0 unspecified atom stereocenters. The number of aromatic nitrogens is 1. The Kier molecular flexibility index (Phi) is 4.32. The number of hydrogen-bond donors (Lipinski definition) is 1. The van der Waals surface area contributed by atoms with Gasteiger partial charge in [-0.05, 0) is 46.6 Å². The molecule has 0 fully saturated rings. The van der Waals surface area contributed by atoms with Crippen LogP contribution in [0.1, 0.15) is 25.1 Å². The smallest absolute Gasteiger partial charge is 0.101 e. The van der Waals surface area contributed by atoms with Gasteiger partial charge >= 0.3 is 0 Å². The first kappa shape index (κ1) is 12.4. The van der Waals surface area contributed by atoms with Crippen LogP contribution in [-0.4, -0.2) is 10.1 Å². The number of nitrogens with zero attached hydrogens (tertiary/aromatic N) is 1. The van der Waals surface area contributed by atoms with E-state index in [1.807, 2.05) is 16.2 Å². The summed E-state index contributed by atoms with van der Waals surface area (Å²) in [5.41, 5.74) is 0.907. The Morgan fingerprint density at radius 3 is 2.50 bits per heavy atom. The van der Waals surface area contributed by atoms with Crippen molar-refractivity contribution in [3.05, 3.63) is 33.7 Å². The molecule has 76 valence electrons. The summed E-state index contributed by atoms with van der Waals surface area (Å²) < 4.78 is 3.15. The van der Waals surface area contributed by atoms with Crippen molar-refractivity contribution in [1.82, 2.24) is 4.98 Å². The van der Waals surface area contributed by atoms with E-state index in [0.717, 1.165) is 9.14 Å². The molecule has 0 saturated carbocycles. The lowest BCUT2D eigenvalue weighted by molar-refractivity contribution is 0.0738. The van der Waals surface area contributed by atoms with Gasteiger partial charge in [-0.3, -0.25) is 4.98 Å². The van der Waals surface area contributed by atoms with Crippen molar-refractivity contribution in [2.45, 2.75) is 19.4 Å². The lowest BCUT2D eigenvalue weighted by Gasteiger charge is -2.16. The summed E-state index contributed by atoms with van der Waals surface area (Å²) in [6.07, 6.45) is 1.78. The van der Waals surface area contributed by atoms with E-state index < -0.39 is 5.60 Å². The molecule has 1 N–H and O–H groups in total. The molecule has 4 heteroatoms. The first-order valence-electron chi connectivity index (χ1n) is 4.10. The van der Waals surface area contributed by atoms with Gasteiger partial charge in [-0.1, -0.05) is 28.7 Å². The maximum absolute atomic E-state index is 9.70. The number of aliphatic hydroxyl groups is 1. The molecule has 0 atom stereocenters. The zero-order valence-electron chi connectivity index (χ0n) is 7.96. The topological polar surface area (TPSA) is 33.1 Å². The quantitative estimate of drug-likeness (QED) is 0.751. The van der Waals surface area contributed by atoms with E-state index in [9.17, 15) is 5.11 Å². The number of hydrogen-bond acceptors (Lipinski definition) is 2. The number of pyridine rings is 1. The summed E-state index contributed by atoms with van der Waals surface area (Å²) in [6, 6.07) is 3.82. The molecule has 1 rings (SSSR count). The normalized spacial score (nSPS) is 13.1. The van der Waals surface area contributed by atoms with Crippen molar-refractivity contribution < 1.29 is 5.11 Å². The average molecular weight is 415 g/mol. The minimum atomic E-state index is -0.863. The van der Waals surface area contributed by atoms with Crippen LogP contribution in [0, 0.1) is 0 Å². The van der Waals surface area contributed by atoms with E-state index in [1.54, 1.807) is 20.0 Å². The molecule has 0 amide bonds. The van der Waals surface area contributed by atoms with Crippen molar-refractivity contribution in [2.24, 2.45) is 0 Å². The summed E-state index contributed by atoms with van der Waals surface area (Å²) in [5.74, 6) is 0. The van der Waals surface area contributed by atoms with Gasteiger partial charge in [-0.15, -0.1) is 0 Å². The highest BCUT2D eigenvalue weighted by atomic mass is 127. The summed E-state index contributed by atoms with van der Waals surface area (Å²) in [4.78, 5) is 4.22. The highest BCUT2D eigenvalue weighted by Crippen LogP contribution is 2.24. The van der Waals surface area contributed by atoms with Crippen LogP contribution >= 0.6 is 45.2 Å². The van der Waals surface area contributed by atoms with E-state index in [1.165, 1.54) is 0 Å². The van der Waals surface area contributed by atoms with Gasteiger partial charge in [0.2, 0.25) is 0 Å². The molecule has 0 aromatic carbocycles. The van der Waals surface area contributed by atoms with Crippen LogP contribution in [-0.2, 0) is 5.60 Å². The fourth-order valence-corrected chi connectivity index (χ4v) is 1.64. The van der Waals surface area contributed by atoms with Crippen molar-refractivity contribution in [2.75, 3.05) is 0 Å². The molecule has 2 nitrogen and oxygen atoms in total. The van der Waals surface area contributed by atoms with E-state index in [-0.39, 0.29) is 0 Å². The molecule has 0 aliphatic heterocycles. The molecular formula is C10H11I2NO. The van der Waals surface area contributed by atoms with Crippen LogP contribution in [0.3, 0.4) is 0 Å². The van der Waals surface area contributed by atoms with Crippen molar-refractivity contribution in [3.8, 4) is 0 Å². The average Bonchev–Trinajstić information content (AvgIpc) is 2.15. The fraction of sp³-hybridized carbons (Fsp3) is 0.300. The summed E-state index contributed by atoms with van der Waals surface area (Å²) in [6.45, 7) is 3.46. The Balaban J connectivity index is 3.01. The van der Waals surface area contributed by atoms with Crippen LogP contribution < -0.4 is 0 Å². The van der Waals surface area contributed by atoms with Gasteiger partial charge in [0, 0.05) is 15.3 Å². The molecule has 0 bridgehead atoms. The SMILES string of the molecule is CC(C)(O)c1ccc(/C(I)=C/I)cn1. The molecule has 1 aromatic rings. The third-order valence-electron chi connectivity index (χ3n) is 1.76. The maximum Gasteiger partial charge on any atom is 0.101 e. The fourth-order valence-electron chi connectivity index (χ4n) is 0.960. The Bertz CT molecular complexity index is 338. The number of rotatable bonds is 2. The monoisotopic (exact) mass is 415 g/mol. The Hall–Kier alpha value is 0.310. The van der Waals surface area contributed by atoms with Gasteiger partial charge in [-0.2, -0.15) is 0 Å². The molecule has 0 aliphatic rings. The second kappa shape index (κ2) is 4.89. The van der Waals surface area contributed by atoms with Crippen molar-refractivity contribution in [1.29, 1.82) is 0 Å². The molecule has 1 aromatic heterocycles. The third kappa shape index (κ3) is 3.16. The molecule has 1 heterocycles. The minimum absolute atomic E-state index is 0.693. The van der Waals surface area contributed by atoms with Crippen LogP contribution in [0.4, 0.5) is 0 Å². The van der Waals surface area contributed by atoms with Gasteiger partial charge < -0.3 is 5.11 Å². The number of halogens is 2.